The number of rotatable bonds is 1. The minimum atomic E-state index is 0.386. The third-order valence-corrected chi connectivity index (χ3v) is 4.35. The van der Waals surface area contributed by atoms with Crippen LogP contribution in [0, 0.1) is 10.8 Å². The predicted octanol–water partition coefficient (Wildman–Crippen LogP) is 3.50. The van der Waals surface area contributed by atoms with Crippen molar-refractivity contribution in [3.8, 4) is 0 Å². The zero-order valence-corrected chi connectivity index (χ0v) is 11.3. The summed E-state index contributed by atoms with van der Waals surface area (Å²) in [5.74, 6) is 0. The molecule has 0 aliphatic carbocycles. The molecule has 1 N–H and O–H groups in total. The molecule has 2 heteroatoms. The molecule has 1 saturated heterocycles. The van der Waals surface area contributed by atoms with Gasteiger partial charge in [-0.1, -0.05) is 41.5 Å². The average molecular weight is 215 g/mol. The first-order valence-electron chi connectivity index (χ1n) is 5.57. The molecule has 84 valence electrons. The molecule has 0 amide bonds. The van der Waals surface area contributed by atoms with E-state index < -0.39 is 0 Å². The minimum Gasteiger partial charge on any atom is -0.304 e. The molecule has 0 aromatic rings. The lowest BCUT2D eigenvalue weighted by Crippen LogP contribution is -2.32. The fourth-order valence-electron chi connectivity index (χ4n) is 1.84. The van der Waals surface area contributed by atoms with Gasteiger partial charge in [-0.05, 0) is 17.3 Å². The van der Waals surface area contributed by atoms with E-state index >= 15 is 0 Å². The molecule has 0 saturated carbocycles. The van der Waals surface area contributed by atoms with Crippen LogP contribution in [0.1, 0.15) is 48.0 Å². The van der Waals surface area contributed by atoms with Gasteiger partial charge in [-0.25, -0.2) is 0 Å². The third-order valence-electron chi connectivity index (χ3n) is 2.49. The van der Waals surface area contributed by atoms with E-state index in [-0.39, 0.29) is 0 Å². The van der Waals surface area contributed by atoms with Gasteiger partial charge in [0.25, 0.3) is 0 Å². The molecule has 0 spiro atoms. The van der Waals surface area contributed by atoms with Gasteiger partial charge in [-0.3, -0.25) is 0 Å². The molecule has 0 bridgehead atoms. The number of nitrogens with one attached hydrogen (secondary N) is 1. The highest BCUT2D eigenvalue weighted by Crippen LogP contribution is 2.39. The second kappa shape index (κ2) is 4.05. The smallest absolute Gasteiger partial charge is 0.0584 e. The molecule has 2 unspecified atom stereocenters. The summed E-state index contributed by atoms with van der Waals surface area (Å²) in [6.07, 6.45) is 1.32. The van der Waals surface area contributed by atoms with E-state index in [9.17, 15) is 0 Å². The van der Waals surface area contributed by atoms with Gasteiger partial charge >= 0.3 is 0 Å². The minimum absolute atomic E-state index is 0.386. The quantitative estimate of drug-likeness (QED) is 0.718. The molecule has 14 heavy (non-hydrogen) atoms. The zero-order valence-electron chi connectivity index (χ0n) is 10.5. The van der Waals surface area contributed by atoms with Crippen LogP contribution in [0.15, 0.2) is 0 Å². The Bertz CT molecular complexity index is 187. The first kappa shape index (κ1) is 12.4. The van der Waals surface area contributed by atoms with Crippen molar-refractivity contribution in [3.05, 3.63) is 0 Å². The Labute approximate surface area is 93.4 Å². The van der Waals surface area contributed by atoms with Crippen molar-refractivity contribution in [3.63, 3.8) is 0 Å². The number of hydrogen-bond acceptors (Lipinski definition) is 2. The summed E-state index contributed by atoms with van der Waals surface area (Å²) in [7, 11) is 0. The summed E-state index contributed by atoms with van der Waals surface area (Å²) in [5.41, 5.74) is 0.851. The van der Waals surface area contributed by atoms with E-state index in [1.807, 2.05) is 0 Å². The highest BCUT2D eigenvalue weighted by Gasteiger charge is 2.34. The molecule has 1 heterocycles. The molecule has 1 nitrogen and oxygen atoms in total. The summed E-state index contributed by atoms with van der Waals surface area (Å²) in [6, 6.07) is 0. The molecule has 1 aliphatic rings. The van der Waals surface area contributed by atoms with Crippen LogP contribution in [-0.2, 0) is 0 Å². The standard InChI is InChI=1S/C12H25NS/c1-11(2,3)7-9-8-13-10(14-9)12(4,5)6/h9-10,13H,7-8H2,1-6H3. The number of hydrogen-bond donors (Lipinski definition) is 1. The van der Waals surface area contributed by atoms with Gasteiger partial charge in [0, 0.05) is 11.8 Å². The van der Waals surface area contributed by atoms with Crippen LogP contribution in [0.25, 0.3) is 0 Å². The largest absolute Gasteiger partial charge is 0.304 e. The average Bonchev–Trinajstić information content (AvgIpc) is 2.29. The molecular formula is C12H25NS. The zero-order chi connectivity index (χ0) is 11.0. The molecule has 0 aromatic heterocycles. The van der Waals surface area contributed by atoms with Crippen LogP contribution >= 0.6 is 11.8 Å². The Hall–Kier alpha value is 0.310. The summed E-state index contributed by atoms with van der Waals surface area (Å²) in [5, 5.41) is 5.07. The Kier molecular flexibility index (Phi) is 3.58. The van der Waals surface area contributed by atoms with Gasteiger partial charge in [0.15, 0.2) is 0 Å². The second-order valence-electron chi connectivity index (χ2n) is 6.68. The molecule has 2 atom stereocenters. The van der Waals surface area contributed by atoms with E-state index in [1.54, 1.807) is 0 Å². The maximum absolute atomic E-state index is 3.63. The van der Waals surface area contributed by atoms with Crippen molar-refractivity contribution in [1.82, 2.24) is 5.32 Å². The van der Waals surface area contributed by atoms with Gasteiger partial charge in [0.1, 0.15) is 0 Å². The Morgan fingerprint density at radius 1 is 1.14 bits per heavy atom. The normalized spacial score (nSPS) is 29.6. The predicted molar refractivity (Wildman–Crippen MR) is 66.7 cm³/mol. The monoisotopic (exact) mass is 215 g/mol. The van der Waals surface area contributed by atoms with Crippen LogP contribution in [0.2, 0.25) is 0 Å². The van der Waals surface area contributed by atoms with Crippen LogP contribution in [0.3, 0.4) is 0 Å². The van der Waals surface area contributed by atoms with Gasteiger partial charge in [0.05, 0.1) is 5.37 Å². The van der Waals surface area contributed by atoms with Crippen LogP contribution in [0.4, 0.5) is 0 Å². The maximum atomic E-state index is 3.63. The van der Waals surface area contributed by atoms with Gasteiger partial charge in [0.2, 0.25) is 0 Å². The van der Waals surface area contributed by atoms with Gasteiger partial charge in [-0.2, -0.15) is 0 Å². The summed E-state index contributed by atoms with van der Waals surface area (Å²) in [6.45, 7) is 15.1. The van der Waals surface area contributed by atoms with E-state index in [2.05, 4.69) is 58.6 Å². The van der Waals surface area contributed by atoms with Crippen molar-refractivity contribution < 1.29 is 0 Å². The molecule has 1 rings (SSSR count). The van der Waals surface area contributed by atoms with Crippen molar-refractivity contribution in [1.29, 1.82) is 0 Å². The van der Waals surface area contributed by atoms with Crippen molar-refractivity contribution in [2.75, 3.05) is 6.54 Å². The molecule has 1 aliphatic heterocycles. The maximum Gasteiger partial charge on any atom is 0.0584 e. The Morgan fingerprint density at radius 3 is 2.07 bits per heavy atom. The lowest BCUT2D eigenvalue weighted by Gasteiger charge is -2.27. The van der Waals surface area contributed by atoms with Crippen LogP contribution in [0.5, 0.6) is 0 Å². The molecule has 1 fully saturated rings. The van der Waals surface area contributed by atoms with Gasteiger partial charge < -0.3 is 5.32 Å². The first-order valence-corrected chi connectivity index (χ1v) is 6.52. The van der Waals surface area contributed by atoms with Gasteiger partial charge in [-0.15, -0.1) is 11.8 Å². The van der Waals surface area contributed by atoms with E-state index in [0.717, 1.165) is 5.25 Å². The Morgan fingerprint density at radius 2 is 1.71 bits per heavy atom. The third kappa shape index (κ3) is 3.82. The molecule has 0 aromatic carbocycles. The fraction of sp³-hybridized carbons (Fsp3) is 1.00. The highest BCUT2D eigenvalue weighted by atomic mass is 32.2. The van der Waals surface area contributed by atoms with Crippen molar-refractivity contribution >= 4 is 11.8 Å². The number of thioether (sulfide) groups is 1. The van der Waals surface area contributed by atoms with E-state index in [4.69, 9.17) is 0 Å². The van der Waals surface area contributed by atoms with Crippen molar-refractivity contribution in [2.24, 2.45) is 10.8 Å². The lowest BCUT2D eigenvalue weighted by molar-refractivity contribution is 0.351. The van der Waals surface area contributed by atoms with E-state index in [1.165, 1.54) is 13.0 Å². The first-order chi connectivity index (χ1) is 6.18. The second-order valence-corrected chi connectivity index (χ2v) is 8.09. The molecular weight excluding hydrogens is 190 g/mol. The van der Waals surface area contributed by atoms with E-state index in [0.29, 0.717) is 16.2 Å². The summed E-state index contributed by atoms with van der Waals surface area (Å²) < 4.78 is 0. The summed E-state index contributed by atoms with van der Waals surface area (Å²) >= 11 is 2.13. The Balaban J connectivity index is 2.42. The van der Waals surface area contributed by atoms with Crippen LogP contribution in [-0.4, -0.2) is 17.2 Å². The fourth-order valence-corrected chi connectivity index (χ4v) is 3.62. The SMILES string of the molecule is CC(C)(C)CC1CNC(C(C)(C)C)S1. The van der Waals surface area contributed by atoms with Crippen LogP contribution < -0.4 is 5.32 Å². The lowest BCUT2D eigenvalue weighted by atomic mass is 9.90. The molecule has 0 radical (unpaired) electrons. The topological polar surface area (TPSA) is 12.0 Å². The highest BCUT2D eigenvalue weighted by molar-refractivity contribution is 8.00. The summed E-state index contributed by atoms with van der Waals surface area (Å²) in [4.78, 5) is 0. The van der Waals surface area contributed by atoms with Crippen molar-refractivity contribution in [2.45, 2.75) is 58.6 Å².